The molecule has 0 saturated carbocycles. The molecule has 0 bridgehead atoms. The van der Waals surface area contributed by atoms with Crippen LogP contribution in [-0.2, 0) is 9.47 Å². The van der Waals surface area contributed by atoms with Gasteiger partial charge in [0.1, 0.15) is 5.69 Å². The number of piperidine rings is 2. The molecule has 3 aliphatic rings. The highest BCUT2D eigenvalue weighted by Crippen LogP contribution is 2.32. The van der Waals surface area contributed by atoms with Gasteiger partial charge in [0.15, 0.2) is 5.79 Å². The monoisotopic (exact) mass is 419 g/mol. The lowest BCUT2D eigenvalue weighted by molar-refractivity contribution is -0.181. The van der Waals surface area contributed by atoms with Crippen LogP contribution in [0.2, 0.25) is 0 Å². The van der Waals surface area contributed by atoms with Crippen LogP contribution in [0.5, 0.6) is 0 Å². The van der Waals surface area contributed by atoms with Crippen LogP contribution >= 0.6 is 11.3 Å². The van der Waals surface area contributed by atoms with E-state index in [2.05, 4.69) is 21.9 Å². The molecule has 10 heteroatoms. The molecule has 0 aliphatic carbocycles. The van der Waals surface area contributed by atoms with Gasteiger partial charge in [-0.05, 0) is 18.8 Å². The molecule has 3 aliphatic heterocycles. The molecule has 0 unspecified atom stereocenters. The second kappa shape index (κ2) is 7.33. The fraction of sp³-hybridized carbons (Fsp3) is 0.684. The van der Waals surface area contributed by atoms with Gasteiger partial charge in [-0.25, -0.2) is 0 Å². The molecule has 0 atom stereocenters. The van der Waals surface area contributed by atoms with E-state index in [1.807, 2.05) is 0 Å². The summed E-state index contributed by atoms with van der Waals surface area (Å²) in [5.41, 5.74) is -0.135. The van der Waals surface area contributed by atoms with Gasteiger partial charge >= 0.3 is 0 Å². The topological polar surface area (TPSA) is 89.3 Å². The Balaban J connectivity index is 1.40. The minimum Gasteiger partial charge on any atom is -0.347 e. The molecule has 0 aromatic carbocycles. The van der Waals surface area contributed by atoms with Crippen molar-refractivity contribution in [3.63, 3.8) is 0 Å². The van der Waals surface area contributed by atoms with Crippen LogP contribution in [0.4, 0.5) is 5.13 Å². The molecule has 0 N–H and O–H groups in total. The van der Waals surface area contributed by atoms with Gasteiger partial charge in [-0.3, -0.25) is 9.59 Å². The summed E-state index contributed by atoms with van der Waals surface area (Å²) < 4.78 is 13.0. The van der Waals surface area contributed by atoms with Crippen molar-refractivity contribution in [1.29, 1.82) is 0 Å². The first-order valence-electron chi connectivity index (χ1n) is 10.3. The third-order valence-corrected chi connectivity index (χ3v) is 7.11. The van der Waals surface area contributed by atoms with Crippen LogP contribution in [0, 0.1) is 5.92 Å². The number of fused-ring (bicyclic) bond motifs is 1. The van der Waals surface area contributed by atoms with E-state index in [-0.39, 0.29) is 11.6 Å². The zero-order valence-corrected chi connectivity index (χ0v) is 17.3. The van der Waals surface area contributed by atoms with Crippen molar-refractivity contribution in [2.75, 3.05) is 44.3 Å². The predicted octanol–water partition coefficient (Wildman–Crippen LogP) is 1.37. The van der Waals surface area contributed by atoms with Crippen LogP contribution < -0.4 is 10.5 Å². The smallest absolute Gasteiger partial charge is 0.274 e. The van der Waals surface area contributed by atoms with Crippen LogP contribution in [0.1, 0.15) is 43.1 Å². The molecule has 2 aromatic heterocycles. The van der Waals surface area contributed by atoms with Crippen molar-refractivity contribution >= 4 is 27.3 Å². The maximum atomic E-state index is 13.2. The number of amides is 1. The molecule has 3 saturated heterocycles. The average Bonchev–Trinajstić information content (AvgIpc) is 3.35. The Morgan fingerprint density at radius 1 is 1.17 bits per heavy atom. The maximum absolute atomic E-state index is 13.2. The van der Waals surface area contributed by atoms with Crippen molar-refractivity contribution < 1.29 is 14.3 Å². The van der Waals surface area contributed by atoms with E-state index in [4.69, 9.17) is 9.47 Å². The van der Waals surface area contributed by atoms with Gasteiger partial charge in [0, 0.05) is 45.1 Å². The lowest BCUT2D eigenvalue weighted by Gasteiger charge is -2.37. The predicted molar refractivity (Wildman–Crippen MR) is 108 cm³/mol. The second-order valence-electron chi connectivity index (χ2n) is 8.13. The molecule has 3 fully saturated rings. The molecule has 2 aromatic rings. The average molecular weight is 420 g/mol. The number of nitrogens with zero attached hydrogens (tertiary/aromatic N) is 5. The van der Waals surface area contributed by atoms with E-state index in [0.29, 0.717) is 50.0 Å². The molecule has 156 valence electrons. The van der Waals surface area contributed by atoms with Gasteiger partial charge in [0.2, 0.25) is 10.1 Å². The summed E-state index contributed by atoms with van der Waals surface area (Å²) in [5, 5.41) is 5.47. The number of anilines is 1. The Hall–Kier alpha value is -2.04. The summed E-state index contributed by atoms with van der Waals surface area (Å²) in [5.74, 6) is -0.0242. The van der Waals surface area contributed by atoms with Crippen molar-refractivity contribution in [3.8, 4) is 0 Å². The Bertz CT molecular complexity index is 965. The Morgan fingerprint density at radius 2 is 1.86 bits per heavy atom. The molecular weight excluding hydrogens is 394 g/mol. The molecule has 1 amide bonds. The van der Waals surface area contributed by atoms with Crippen molar-refractivity contribution in [2.24, 2.45) is 5.92 Å². The Labute approximate surface area is 172 Å². The first-order valence-corrected chi connectivity index (χ1v) is 11.1. The van der Waals surface area contributed by atoms with Crippen LogP contribution in [-0.4, -0.2) is 70.6 Å². The van der Waals surface area contributed by atoms with Crippen molar-refractivity contribution in [2.45, 2.75) is 38.4 Å². The van der Waals surface area contributed by atoms with Crippen molar-refractivity contribution in [3.05, 3.63) is 22.1 Å². The van der Waals surface area contributed by atoms with E-state index in [1.54, 1.807) is 4.90 Å². The third kappa shape index (κ3) is 3.53. The third-order valence-electron chi connectivity index (χ3n) is 6.14. The van der Waals surface area contributed by atoms with Crippen molar-refractivity contribution in [1.82, 2.24) is 19.5 Å². The summed E-state index contributed by atoms with van der Waals surface area (Å²) in [4.78, 5) is 33.9. The summed E-state index contributed by atoms with van der Waals surface area (Å²) >= 11 is 1.37. The second-order valence-corrected chi connectivity index (χ2v) is 9.06. The fourth-order valence-electron chi connectivity index (χ4n) is 4.28. The van der Waals surface area contributed by atoms with Gasteiger partial charge < -0.3 is 19.3 Å². The minimum atomic E-state index is -0.541. The highest BCUT2D eigenvalue weighted by molar-refractivity contribution is 7.20. The molecule has 5 heterocycles. The lowest BCUT2D eigenvalue weighted by Crippen LogP contribution is -2.47. The summed E-state index contributed by atoms with van der Waals surface area (Å²) in [6.07, 6.45) is 3.50. The molecule has 9 nitrogen and oxygen atoms in total. The molecule has 1 spiro atoms. The van der Waals surface area contributed by atoms with Gasteiger partial charge in [-0.1, -0.05) is 18.3 Å². The zero-order valence-electron chi connectivity index (χ0n) is 16.5. The lowest BCUT2D eigenvalue weighted by atomic mass is 10.00. The van der Waals surface area contributed by atoms with Gasteiger partial charge in [-0.2, -0.15) is 9.50 Å². The van der Waals surface area contributed by atoms with E-state index < -0.39 is 11.3 Å². The zero-order chi connectivity index (χ0) is 20.0. The summed E-state index contributed by atoms with van der Waals surface area (Å²) in [7, 11) is 0. The molecule has 5 rings (SSSR count). The van der Waals surface area contributed by atoms with E-state index >= 15 is 0 Å². The quantitative estimate of drug-likeness (QED) is 0.726. The number of carbonyl (C=O) groups excluding carboxylic acids is 1. The van der Waals surface area contributed by atoms with Crippen LogP contribution in [0.3, 0.4) is 0 Å². The van der Waals surface area contributed by atoms with Gasteiger partial charge in [0.05, 0.1) is 13.2 Å². The van der Waals surface area contributed by atoms with E-state index in [9.17, 15) is 9.59 Å². The molecule has 0 radical (unpaired) electrons. The van der Waals surface area contributed by atoms with Gasteiger partial charge in [0.25, 0.3) is 11.5 Å². The number of ether oxygens (including phenoxy) is 2. The Kier molecular flexibility index (Phi) is 4.79. The summed E-state index contributed by atoms with van der Waals surface area (Å²) in [6.45, 7) is 6.39. The first-order chi connectivity index (χ1) is 14.0. The number of hydrogen-bond donors (Lipinski definition) is 0. The fourth-order valence-corrected chi connectivity index (χ4v) is 5.24. The first kappa shape index (κ1) is 19.0. The maximum Gasteiger partial charge on any atom is 0.274 e. The SMILES string of the molecule is CC1CCN(c2nn3c(C(=O)N4CCC5(CC4)OCCO5)cc(=O)nc3s2)CC1. The highest BCUT2D eigenvalue weighted by Gasteiger charge is 2.41. The molecule has 29 heavy (non-hydrogen) atoms. The number of aromatic nitrogens is 3. The molecular formula is C19H25N5O4S. The number of rotatable bonds is 2. The van der Waals surface area contributed by atoms with E-state index in [1.165, 1.54) is 21.9 Å². The highest BCUT2D eigenvalue weighted by atomic mass is 32.1. The normalized spacial score (nSPS) is 22.7. The van der Waals surface area contributed by atoms with Gasteiger partial charge in [-0.15, -0.1) is 5.10 Å². The number of hydrogen-bond acceptors (Lipinski definition) is 8. The van der Waals surface area contributed by atoms with Crippen LogP contribution in [0.25, 0.3) is 4.96 Å². The Morgan fingerprint density at radius 3 is 2.55 bits per heavy atom. The standard InChI is InChI=1S/C19H25N5O4S/c1-13-2-6-23(7-3-13)18-21-24-14(12-15(25)20-17(24)29-18)16(26)22-8-4-19(5-9-22)27-10-11-28-19/h12-13H,2-11H2,1H3. The van der Waals surface area contributed by atoms with E-state index in [0.717, 1.165) is 31.1 Å². The minimum absolute atomic E-state index is 0.198. The number of likely N-dealkylation sites (tertiary alicyclic amines) is 1. The largest absolute Gasteiger partial charge is 0.347 e. The summed E-state index contributed by atoms with van der Waals surface area (Å²) in [6, 6.07) is 1.30. The number of carbonyl (C=O) groups is 1. The van der Waals surface area contributed by atoms with Crippen LogP contribution in [0.15, 0.2) is 10.9 Å².